The van der Waals surface area contributed by atoms with Gasteiger partial charge in [0.1, 0.15) is 5.69 Å². The van der Waals surface area contributed by atoms with E-state index in [0.29, 0.717) is 0 Å². The maximum Gasteiger partial charge on any atom is 0.207 e. The molecule has 16 heavy (non-hydrogen) atoms. The lowest BCUT2D eigenvalue weighted by molar-refractivity contribution is 0.104. The molecule has 2 rings (SSSR count). The largest absolute Gasteiger partial charge is 0.287 e. The molecule has 0 unspecified atom stereocenters. The third-order valence-electron chi connectivity index (χ3n) is 1.83. The average Bonchev–Trinajstić information content (AvgIpc) is 2.79. The third kappa shape index (κ3) is 2.53. The highest BCUT2D eigenvalue weighted by Crippen LogP contribution is 2.13. The van der Waals surface area contributed by atoms with Crippen molar-refractivity contribution < 1.29 is 4.79 Å². The van der Waals surface area contributed by atoms with E-state index >= 15 is 0 Å². The summed E-state index contributed by atoms with van der Waals surface area (Å²) < 4.78 is 0. The minimum absolute atomic E-state index is 0.128. The number of aromatic nitrogens is 2. The lowest BCUT2D eigenvalue weighted by Gasteiger charge is -1.95. The number of halogens is 1. The van der Waals surface area contributed by atoms with Gasteiger partial charge in [-0.15, -0.1) is 11.3 Å². The normalized spacial score (nSPS) is 10.8. The van der Waals surface area contributed by atoms with Gasteiger partial charge in [-0.25, -0.2) is 9.97 Å². The molecular weight excluding hydrogens is 244 g/mol. The van der Waals surface area contributed by atoms with Gasteiger partial charge in [-0.3, -0.25) is 4.79 Å². The van der Waals surface area contributed by atoms with Crippen LogP contribution in [0.15, 0.2) is 36.0 Å². The summed E-state index contributed by atoms with van der Waals surface area (Å²) >= 11 is 7.31. The van der Waals surface area contributed by atoms with Crippen LogP contribution in [-0.4, -0.2) is 15.8 Å². The van der Waals surface area contributed by atoms with E-state index in [1.807, 2.05) is 17.5 Å². The number of allylic oxidation sites excluding steroid dienone is 1. The van der Waals surface area contributed by atoms with Crippen LogP contribution in [0, 0.1) is 0 Å². The molecule has 2 aromatic heterocycles. The monoisotopic (exact) mass is 250 g/mol. The van der Waals surface area contributed by atoms with Crippen molar-refractivity contribution in [2.75, 3.05) is 0 Å². The Labute approximate surface area is 101 Å². The Kier molecular flexibility index (Phi) is 3.44. The molecule has 0 atom stereocenters. The highest BCUT2D eigenvalue weighted by Gasteiger charge is 2.08. The summed E-state index contributed by atoms with van der Waals surface area (Å²) in [6, 6.07) is 3.84. The Balaban J connectivity index is 2.18. The van der Waals surface area contributed by atoms with Crippen LogP contribution in [0.3, 0.4) is 0 Å². The molecule has 0 aliphatic rings. The van der Waals surface area contributed by atoms with E-state index < -0.39 is 0 Å². The predicted molar refractivity (Wildman–Crippen MR) is 64.7 cm³/mol. The van der Waals surface area contributed by atoms with E-state index in [4.69, 9.17) is 11.6 Å². The van der Waals surface area contributed by atoms with Gasteiger partial charge in [0.25, 0.3) is 0 Å². The zero-order valence-electron chi connectivity index (χ0n) is 8.13. The molecule has 2 heterocycles. The minimum Gasteiger partial charge on any atom is -0.287 e. The Hall–Kier alpha value is -1.52. The Morgan fingerprint density at radius 2 is 2.19 bits per heavy atom. The van der Waals surface area contributed by atoms with Gasteiger partial charge in [-0.1, -0.05) is 17.7 Å². The Morgan fingerprint density at radius 3 is 2.88 bits per heavy atom. The van der Waals surface area contributed by atoms with Crippen molar-refractivity contribution in [3.63, 3.8) is 0 Å². The molecule has 3 nitrogen and oxygen atoms in total. The van der Waals surface area contributed by atoms with Gasteiger partial charge < -0.3 is 0 Å². The number of ketones is 1. The summed E-state index contributed by atoms with van der Waals surface area (Å²) in [5.74, 6) is -0.244. The molecule has 0 radical (unpaired) electrons. The van der Waals surface area contributed by atoms with Crippen molar-refractivity contribution in [3.8, 4) is 0 Å². The second-order valence-electron chi connectivity index (χ2n) is 2.91. The molecular formula is C11H7ClN2OS. The van der Waals surface area contributed by atoms with Crippen LogP contribution in [0.25, 0.3) is 6.08 Å². The van der Waals surface area contributed by atoms with Crippen molar-refractivity contribution in [2.24, 2.45) is 0 Å². The van der Waals surface area contributed by atoms with Gasteiger partial charge in [-0.05, 0) is 23.6 Å². The molecule has 0 spiro atoms. The van der Waals surface area contributed by atoms with Gasteiger partial charge in [0.05, 0.1) is 0 Å². The van der Waals surface area contributed by atoms with Gasteiger partial charge in [0.15, 0.2) is 5.15 Å². The Bertz CT molecular complexity index is 523. The number of hydrogen-bond acceptors (Lipinski definition) is 4. The molecule has 5 heteroatoms. The summed E-state index contributed by atoms with van der Waals surface area (Å²) in [4.78, 5) is 20.4. The minimum atomic E-state index is -0.244. The molecule has 0 saturated heterocycles. The summed E-state index contributed by atoms with van der Waals surface area (Å²) in [5.41, 5.74) is 0.178. The van der Waals surface area contributed by atoms with Crippen molar-refractivity contribution in [1.82, 2.24) is 9.97 Å². The second kappa shape index (κ2) is 5.01. The number of thiophene rings is 1. The summed E-state index contributed by atoms with van der Waals surface area (Å²) in [7, 11) is 0. The number of carbonyl (C=O) groups is 1. The second-order valence-corrected chi connectivity index (χ2v) is 4.25. The van der Waals surface area contributed by atoms with E-state index in [1.165, 1.54) is 18.5 Å². The maximum absolute atomic E-state index is 11.7. The van der Waals surface area contributed by atoms with E-state index in [1.54, 1.807) is 17.4 Å². The lowest BCUT2D eigenvalue weighted by Crippen LogP contribution is -2.00. The van der Waals surface area contributed by atoms with Gasteiger partial charge in [-0.2, -0.15) is 0 Å². The van der Waals surface area contributed by atoms with Crippen LogP contribution in [-0.2, 0) is 0 Å². The van der Waals surface area contributed by atoms with E-state index in [2.05, 4.69) is 9.97 Å². The molecule has 0 aromatic carbocycles. The highest BCUT2D eigenvalue weighted by atomic mass is 35.5. The fourth-order valence-electron chi connectivity index (χ4n) is 1.11. The first-order chi connectivity index (χ1) is 7.77. The zero-order chi connectivity index (χ0) is 11.4. The standard InChI is InChI=1S/C11H7ClN2OS/c12-11-10(13-5-6-14-11)9(15)4-3-8-2-1-7-16-8/h1-7H/b4-3+. The molecule has 0 fully saturated rings. The quantitative estimate of drug-likeness (QED) is 0.621. The number of carbonyl (C=O) groups excluding carboxylic acids is 1. The summed E-state index contributed by atoms with van der Waals surface area (Å²) in [5, 5.41) is 2.07. The average molecular weight is 251 g/mol. The van der Waals surface area contributed by atoms with Crippen molar-refractivity contribution in [3.05, 3.63) is 51.7 Å². The lowest BCUT2D eigenvalue weighted by atomic mass is 10.2. The maximum atomic E-state index is 11.7. The highest BCUT2D eigenvalue weighted by molar-refractivity contribution is 7.10. The fourth-order valence-corrected chi connectivity index (χ4v) is 1.93. The van der Waals surface area contributed by atoms with Crippen LogP contribution >= 0.6 is 22.9 Å². The van der Waals surface area contributed by atoms with Crippen LogP contribution in [0.2, 0.25) is 5.15 Å². The predicted octanol–water partition coefficient (Wildman–Crippen LogP) is 3.09. The fraction of sp³-hybridized carbons (Fsp3) is 0. The molecule has 0 bridgehead atoms. The van der Waals surface area contributed by atoms with Crippen LogP contribution in [0.1, 0.15) is 15.4 Å². The van der Waals surface area contributed by atoms with E-state index in [-0.39, 0.29) is 16.6 Å². The molecule has 0 aliphatic heterocycles. The molecule has 0 aliphatic carbocycles. The van der Waals surface area contributed by atoms with Crippen molar-refractivity contribution >= 4 is 34.8 Å². The molecule has 0 saturated carbocycles. The van der Waals surface area contributed by atoms with Gasteiger partial charge in [0.2, 0.25) is 5.78 Å². The van der Waals surface area contributed by atoms with Crippen LogP contribution in [0.4, 0.5) is 0 Å². The Morgan fingerprint density at radius 1 is 1.38 bits per heavy atom. The number of hydrogen-bond donors (Lipinski definition) is 0. The van der Waals surface area contributed by atoms with Gasteiger partial charge >= 0.3 is 0 Å². The topological polar surface area (TPSA) is 42.9 Å². The first kappa shape index (κ1) is 11.0. The smallest absolute Gasteiger partial charge is 0.207 e. The van der Waals surface area contributed by atoms with E-state index in [0.717, 1.165) is 4.88 Å². The third-order valence-corrected chi connectivity index (χ3v) is 2.94. The molecule has 0 N–H and O–H groups in total. The van der Waals surface area contributed by atoms with Crippen molar-refractivity contribution in [2.45, 2.75) is 0 Å². The SMILES string of the molecule is O=C(/C=C/c1cccs1)c1nccnc1Cl. The molecule has 2 aromatic rings. The first-order valence-electron chi connectivity index (χ1n) is 4.50. The van der Waals surface area contributed by atoms with E-state index in [9.17, 15) is 4.79 Å². The van der Waals surface area contributed by atoms with Crippen LogP contribution < -0.4 is 0 Å². The molecule has 0 amide bonds. The zero-order valence-corrected chi connectivity index (χ0v) is 9.70. The van der Waals surface area contributed by atoms with Crippen LogP contribution in [0.5, 0.6) is 0 Å². The van der Waals surface area contributed by atoms with Crippen molar-refractivity contribution in [1.29, 1.82) is 0 Å². The summed E-state index contributed by atoms with van der Waals surface area (Å²) in [6.45, 7) is 0. The number of rotatable bonds is 3. The van der Waals surface area contributed by atoms with Gasteiger partial charge in [0, 0.05) is 17.3 Å². The number of nitrogens with zero attached hydrogens (tertiary/aromatic N) is 2. The first-order valence-corrected chi connectivity index (χ1v) is 5.75. The molecule has 80 valence electrons. The summed E-state index contributed by atoms with van der Waals surface area (Å²) in [6.07, 6.45) is 6.07.